The van der Waals surface area contributed by atoms with E-state index in [9.17, 15) is 0 Å². The third-order valence-corrected chi connectivity index (χ3v) is 8.56. The Hall–Kier alpha value is -5.34. The predicted octanol–water partition coefficient (Wildman–Crippen LogP) is 9.46. The number of azo groups is 1. The molecular formula is C35H25N5O2S. The molecule has 0 bridgehead atoms. The van der Waals surface area contributed by atoms with E-state index in [0.29, 0.717) is 11.4 Å². The molecule has 2 aliphatic rings. The Balaban J connectivity index is 1.27. The number of benzene rings is 5. The fourth-order valence-electron chi connectivity index (χ4n) is 5.54. The van der Waals surface area contributed by atoms with Crippen molar-refractivity contribution in [1.29, 1.82) is 0 Å². The lowest BCUT2D eigenvalue weighted by Crippen LogP contribution is -2.18. The maximum atomic E-state index is 5.94. The molecule has 1 unspecified atom stereocenters. The second kappa shape index (κ2) is 10.8. The zero-order valence-corrected chi connectivity index (χ0v) is 23.8. The van der Waals surface area contributed by atoms with Gasteiger partial charge in [-0.3, -0.25) is 0 Å². The molecule has 0 amide bonds. The Kier molecular flexibility index (Phi) is 6.38. The van der Waals surface area contributed by atoms with Crippen LogP contribution in [-0.2, 0) is 0 Å². The average molecular weight is 580 g/mol. The van der Waals surface area contributed by atoms with E-state index in [1.807, 2.05) is 77.8 Å². The van der Waals surface area contributed by atoms with Gasteiger partial charge in [-0.15, -0.1) is 10.2 Å². The van der Waals surface area contributed by atoms with Gasteiger partial charge in [-0.1, -0.05) is 108 Å². The summed E-state index contributed by atoms with van der Waals surface area (Å²) in [6, 6.07) is 40.6. The normalized spacial score (nSPS) is 15.9. The van der Waals surface area contributed by atoms with E-state index in [1.54, 1.807) is 0 Å². The predicted molar refractivity (Wildman–Crippen MR) is 171 cm³/mol. The summed E-state index contributed by atoms with van der Waals surface area (Å²) in [7, 11) is 0. The third-order valence-electron chi connectivity index (χ3n) is 7.63. The molecule has 0 radical (unpaired) electrons. The molecule has 0 spiro atoms. The van der Waals surface area contributed by atoms with E-state index in [-0.39, 0.29) is 12.8 Å². The van der Waals surface area contributed by atoms with Crippen LogP contribution < -0.4 is 14.5 Å². The van der Waals surface area contributed by atoms with Gasteiger partial charge in [0.1, 0.15) is 5.69 Å². The second-order valence-corrected chi connectivity index (χ2v) is 11.3. The topological polar surface area (TPSA) is 71.7 Å². The Labute approximate surface area is 252 Å². The highest BCUT2D eigenvalue weighted by Crippen LogP contribution is 2.49. The highest BCUT2D eigenvalue weighted by Gasteiger charge is 2.36. The first kappa shape index (κ1) is 25.4. The number of fused-ring (bicyclic) bond motifs is 2. The van der Waals surface area contributed by atoms with Crippen LogP contribution in [0.1, 0.15) is 23.6 Å². The lowest BCUT2D eigenvalue weighted by atomic mass is 9.97. The molecule has 208 valence electrons. The van der Waals surface area contributed by atoms with Crippen LogP contribution in [0.4, 0.5) is 15.8 Å². The summed E-state index contributed by atoms with van der Waals surface area (Å²) < 4.78 is 11.7. The average Bonchev–Trinajstić information content (AvgIpc) is 3.83. The SMILES string of the molecule is c1ccc(N=Nc2sc(N3N=C(c4ccccc4)CC3c3cccc4c3OCO4)nc2-c2ccc3ccccc3c2)cc1. The van der Waals surface area contributed by atoms with Crippen molar-refractivity contribution in [3.63, 3.8) is 0 Å². The Bertz CT molecular complexity index is 2010. The Morgan fingerprint density at radius 2 is 1.51 bits per heavy atom. The van der Waals surface area contributed by atoms with Gasteiger partial charge in [0.15, 0.2) is 16.5 Å². The first-order valence-electron chi connectivity index (χ1n) is 14.1. The minimum Gasteiger partial charge on any atom is -0.454 e. The van der Waals surface area contributed by atoms with Gasteiger partial charge < -0.3 is 9.47 Å². The number of hydrogen-bond donors (Lipinski definition) is 0. The van der Waals surface area contributed by atoms with Crippen LogP contribution in [-0.4, -0.2) is 17.5 Å². The van der Waals surface area contributed by atoms with E-state index in [4.69, 9.17) is 24.7 Å². The van der Waals surface area contributed by atoms with Crippen LogP contribution in [0.2, 0.25) is 0 Å². The molecule has 43 heavy (non-hydrogen) atoms. The molecule has 3 heterocycles. The molecule has 0 fully saturated rings. The Morgan fingerprint density at radius 3 is 2.37 bits per heavy atom. The Morgan fingerprint density at radius 1 is 0.721 bits per heavy atom. The number of thiazole rings is 1. The van der Waals surface area contributed by atoms with Gasteiger partial charge in [0.25, 0.3) is 0 Å². The maximum Gasteiger partial charge on any atom is 0.231 e. The van der Waals surface area contributed by atoms with Crippen LogP contribution >= 0.6 is 11.3 Å². The van der Waals surface area contributed by atoms with Crippen LogP contribution in [0.5, 0.6) is 11.5 Å². The number of rotatable bonds is 6. The summed E-state index contributed by atoms with van der Waals surface area (Å²) in [4.78, 5) is 5.19. The standard InChI is InChI=1S/C35H25N5O2S/c1-3-11-24(12-4-1)29-21-30(28-16-9-17-31-33(28)42-22-41-31)40(39-29)35-36-32(26-19-18-23-10-7-8-13-25(23)20-26)34(43-35)38-37-27-14-5-2-6-15-27/h1-20,30H,21-22H2. The van der Waals surface area contributed by atoms with Crippen LogP contribution in [0.15, 0.2) is 137 Å². The van der Waals surface area contributed by atoms with Crippen molar-refractivity contribution in [2.24, 2.45) is 15.3 Å². The molecule has 1 aromatic heterocycles. The van der Waals surface area contributed by atoms with Crippen LogP contribution in [0, 0.1) is 0 Å². The first-order chi connectivity index (χ1) is 21.3. The van der Waals surface area contributed by atoms with E-state index >= 15 is 0 Å². The van der Waals surface area contributed by atoms with Crippen molar-refractivity contribution in [2.45, 2.75) is 12.5 Å². The largest absolute Gasteiger partial charge is 0.454 e. The fourth-order valence-corrected chi connectivity index (χ4v) is 6.45. The van der Waals surface area contributed by atoms with Gasteiger partial charge in [-0.05, 0) is 40.6 Å². The number of hydrazone groups is 1. The molecule has 8 heteroatoms. The van der Waals surface area contributed by atoms with Gasteiger partial charge in [0, 0.05) is 17.5 Å². The molecule has 0 saturated carbocycles. The summed E-state index contributed by atoms with van der Waals surface area (Å²) in [5, 5.41) is 20.2. The van der Waals surface area contributed by atoms with E-state index in [1.165, 1.54) is 16.7 Å². The summed E-state index contributed by atoms with van der Waals surface area (Å²) in [5.41, 5.74) is 5.60. The van der Waals surface area contributed by atoms with Gasteiger partial charge >= 0.3 is 0 Å². The minimum atomic E-state index is -0.138. The van der Waals surface area contributed by atoms with Crippen molar-refractivity contribution in [3.8, 4) is 22.8 Å². The molecule has 6 aromatic rings. The monoisotopic (exact) mass is 579 g/mol. The highest BCUT2D eigenvalue weighted by atomic mass is 32.1. The van der Waals surface area contributed by atoms with Gasteiger partial charge in [0.2, 0.25) is 11.9 Å². The van der Waals surface area contributed by atoms with Crippen LogP contribution in [0.3, 0.4) is 0 Å². The quantitative estimate of drug-likeness (QED) is 0.184. The van der Waals surface area contributed by atoms with Crippen LogP contribution in [0.25, 0.3) is 22.0 Å². The molecule has 7 nitrogen and oxygen atoms in total. The zero-order valence-electron chi connectivity index (χ0n) is 23.0. The van der Waals surface area contributed by atoms with E-state index in [0.717, 1.165) is 55.8 Å². The van der Waals surface area contributed by atoms with Crippen molar-refractivity contribution in [1.82, 2.24) is 4.98 Å². The highest BCUT2D eigenvalue weighted by molar-refractivity contribution is 7.19. The lowest BCUT2D eigenvalue weighted by molar-refractivity contribution is 0.173. The number of para-hydroxylation sites is 1. The van der Waals surface area contributed by atoms with Crippen molar-refractivity contribution in [2.75, 3.05) is 11.8 Å². The van der Waals surface area contributed by atoms with Gasteiger partial charge in [-0.2, -0.15) is 5.10 Å². The van der Waals surface area contributed by atoms with Crippen molar-refractivity contribution in [3.05, 3.63) is 132 Å². The summed E-state index contributed by atoms with van der Waals surface area (Å²) in [6.07, 6.45) is 0.690. The molecule has 0 saturated heterocycles. The maximum absolute atomic E-state index is 5.94. The molecule has 5 aromatic carbocycles. The molecule has 0 N–H and O–H groups in total. The van der Waals surface area contributed by atoms with E-state index in [2.05, 4.69) is 53.6 Å². The summed E-state index contributed by atoms with van der Waals surface area (Å²) in [5.74, 6) is 1.51. The summed E-state index contributed by atoms with van der Waals surface area (Å²) >= 11 is 1.48. The van der Waals surface area contributed by atoms with Gasteiger partial charge in [-0.25, -0.2) is 9.99 Å². The van der Waals surface area contributed by atoms with Crippen molar-refractivity contribution < 1.29 is 9.47 Å². The number of nitrogens with zero attached hydrogens (tertiary/aromatic N) is 5. The number of anilines is 1. The fraction of sp³-hybridized carbons (Fsp3) is 0.0857. The first-order valence-corrected chi connectivity index (χ1v) is 14.9. The van der Waals surface area contributed by atoms with E-state index < -0.39 is 0 Å². The number of hydrogen-bond acceptors (Lipinski definition) is 8. The summed E-state index contributed by atoms with van der Waals surface area (Å²) in [6.45, 7) is 0.207. The smallest absolute Gasteiger partial charge is 0.231 e. The minimum absolute atomic E-state index is 0.138. The second-order valence-electron chi connectivity index (χ2n) is 10.3. The van der Waals surface area contributed by atoms with Gasteiger partial charge in [0.05, 0.1) is 17.4 Å². The number of aromatic nitrogens is 1. The molecule has 8 rings (SSSR count). The zero-order chi connectivity index (χ0) is 28.6. The molecule has 0 aliphatic carbocycles. The molecule has 1 atom stereocenters. The van der Waals surface area contributed by atoms with Crippen molar-refractivity contribution >= 4 is 43.6 Å². The number of ether oxygens (including phenoxy) is 2. The molecular weight excluding hydrogens is 554 g/mol. The third kappa shape index (κ3) is 4.81. The molecule has 2 aliphatic heterocycles. The lowest BCUT2D eigenvalue weighted by Gasteiger charge is -2.22.